The third-order valence-corrected chi connectivity index (χ3v) is 3.38. The third kappa shape index (κ3) is 3.31. The number of anilines is 1. The number of aryl methyl sites for hydroxylation is 1. The van der Waals surface area contributed by atoms with Crippen LogP contribution in [0.1, 0.15) is 5.56 Å². The average molecular weight is 283 g/mol. The summed E-state index contributed by atoms with van der Waals surface area (Å²) in [7, 11) is 0. The van der Waals surface area contributed by atoms with Crippen LogP contribution < -0.4 is 10.1 Å². The van der Waals surface area contributed by atoms with E-state index in [1.807, 2.05) is 43.3 Å². The van der Waals surface area contributed by atoms with E-state index in [1.165, 1.54) is 5.56 Å². The van der Waals surface area contributed by atoms with Crippen LogP contribution in [0.15, 0.2) is 48.8 Å². The van der Waals surface area contributed by atoms with Gasteiger partial charge in [-0.05, 0) is 31.2 Å². The van der Waals surface area contributed by atoms with Gasteiger partial charge < -0.3 is 15.0 Å². The zero-order chi connectivity index (χ0) is 14.7. The minimum Gasteiger partial charge on any atom is -0.485 e. The second kappa shape index (κ2) is 5.83. The Balaban J connectivity index is 1.47. The Labute approximate surface area is 123 Å². The van der Waals surface area contributed by atoms with Crippen molar-refractivity contribution in [1.29, 1.82) is 0 Å². The standard InChI is InChI=1S/C16H17N3O2/c1-12-4-6-13(7-5-12)18-16(20)19-10-15(11-19)21-14-3-2-8-17-9-14/h2-9,15H,10-11H2,1H3,(H,18,20). The fourth-order valence-electron chi connectivity index (χ4n) is 2.13. The molecule has 0 unspecified atom stereocenters. The van der Waals surface area contributed by atoms with Crippen LogP contribution in [0, 0.1) is 6.92 Å². The maximum absolute atomic E-state index is 12.0. The van der Waals surface area contributed by atoms with Crippen LogP contribution in [-0.2, 0) is 0 Å². The van der Waals surface area contributed by atoms with Crippen LogP contribution in [-0.4, -0.2) is 35.1 Å². The fraction of sp³-hybridized carbons (Fsp3) is 0.250. The number of carbonyl (C=O) groups excluding carboxylic acids is 1. The highest BCUT2D eigenvalue weighted by molar-refractivity contribution is 5.89. The van der Waals surface area contributed by atoms with E-state index >= 15 is 0 Å². The van der Waals surface area contributed by atoms with Gasteiger partial charge in [0.15, 0.2) is 0 Å². The summed E-state index contributed by atoms with van der Waals surface area (Å²) in [5.41, 5.74) is 1.98. The Bertz CT molecular complexity index is 607. The summed E-state index contributed by atoms with van der Waals surface area (Å²) >= 11 is 0. The normalized spacial score (nSPS) is 14.4. The third-order valence-electron chi connectivity index (χ3n) is 3.38. The van der Waals surface area contributed by atoms with E-state index in [2.05, 4.69) is 10.3 Å². The number of ether oxygens (including phenoxy) is 1. The number of urea groups is 1. The zero-order valence-electron chi connectivity index (χ0n) is 11.8. The van der Waals surface area contributed by atoms with Crippen molar-refractivity contribution in [1.82, 2.24) is 9.88 Å². The summed E-state index contributed by atoms with van der Waals surface area (Å²) in [4.78, 5) is 17.7. The van der Waals surface area contributed by atoms with E-state index in [-0.39, 0.29) is 12.1 Å². The van der Waals surface area contributed by atoms with Crippen molar-refractivity contribution in [3.8, 4) is 5.75 Å². The molecule has 5 heteroatoms. The van der Waals surface area contributed by atoms with Gasteiger partial charge in [-0.15, -0.1) is 0 Å². The van der Waals surface area contributed by atoms with Crippen molar-refractivity contribution < 1.29 is 9.53 Å². The molecule has 2 aromatic rings. The van der Waals surface area contributed by atoms with Crippen molar-refractivity contribution in [3.63, 3.8) is 0 Å². The maximum atomic E-state index is 12.0. The van der Waals surface area contributed by atoms with Crippen molar-refractivity contribution in [3.05, 3.63) is 54.4 Å². The number of hydrogen-bond donors (Lipinski definition) is 1. The van der Waals surface area contributed by atoms with E-state index in [0.29, 0.717) is 13.1 Å². The first-order valence-electron chi connectivity index (χ1n) is 6.90. The summed E-state index contributed by atoms with van der Waals surface area (Å²) in [5.74, 6) is 0.737. The van der Waals surface area contributed by atoms with Gasteiger partial charge in [0.1, 0.15) is 11.9 Å². The van der Waals surface area contributed by atoms with Gasteiger partial charge in [0.2, 0.25) is 0 Å². The van der Waals surface area contributed by atoms with Gasteiger partial charge in [-0.2, -0.15) is 0 Å². The summed E-state index contributed by atoms with van der Waals surface area (Å²) in [5, 5.41) is 2.87. The van der Waals surface area contributed by atoms with Crippen LogP contribution >= 0.6 is 0 Å². The van der Waals surface area contributed by atoms with Crippen molar-refractivity contribution in [2.45, 2.75) is 13.0 Å². The molecule has 0 bridgehead atoms. The number of benzene rings is 1. The quantitative estimate of drug-likeness (QED) is 0.942. The summed E-state index contributed by atoms with van der Waals surface area (Å²) < 4.78 is 5.71. The van der Waals surface area contributed by atoms with Crippen molar-refractivity contribution in [2.75, 3.05) is 18.4 Å². The van der Waals surface area contributed by atoms with Crippen LogP contribution in [0.3, 0.4) is 0 Å². The molecule has 1 aromatic carbocycles. The lowest BCUT2D eigenvalue weighted by molar-refractivity contribution is 0.0490. The van der Waals surface area contributed by atoms with E-state index in [1.54, 1.807) is 17.3 Å². The minimum atomic E-state index is -0.0927. The molecule has 2 amide bonds. The molecule has 1 aliphatic heterocycles. The number of nitrogens with zero attached hydrogens (tertiary/aromatic N) is 2. The lowest BCUT2D eigenvalue weighted by atomic mass is 10.2. The first kappa shape index (κ1) is 13.4. The van der Waals surface area contributed by atoms with Gasteiger partial charge in [0, 0.05) is 11.9 Å². The maximum Gasteiger partial charge on any atom is 0.322 e. The molecule has 3 rings (SSSR count). The van der Waals surface area contributed by atoms with Crippen LogP contribution in [0.5, 0.6) is 5.75 Å². The summed E-state index contributed by atoms with van der Waals surface area (Å²) in [6, 6.07) is 11.3. The number of likely N-dealkylation sites (tertiary alicyclic amines) is 1. The zero-order valence-corrected chi connectivity index (χ0v) is 11.8. The molecule has 1 aliphatic rings. The predicted octanol–water partition coefficient (Wildman–Crippen LogP) is 2.69. The van der Waals surface area contributed by atoms with Gasteiger partial charge >= 0.3 is 6.03 Å². The van der Waals surface area contributed by atoms with Gasteiger partial charge in [-0.3, -0.25) is 4.98 Å². The van der Waals surface area contributed by atoms with Crippen LogP contribution in [0.4, 0.5) is 10.5 Å². The molecule has 1 fully saturated rings. The molecule has 1 N–H and O–H groups in total. The van der Waals surface area contributed by atoms with Gasteiger partial charge in [-0.25, -0.2) is 4.79 Å². The number of carbonyl (C=O) groups is 1. The number of pyridine rings is 1. The smallest absolute Gasteiger partial charge is 0.322 e. The van der Waals surface area contributed by atoms with E-state index in [4.69, 9.17) is 4.74 Å². The number of nitrogens with one attached hydrogen (secondary N) is 1. The SMILES string of the molecule is Cc1ccc(NC(=O)N2CC(Oc3cccnc3)C2)cc1. The molecule has 21 heavy (non-hydrogen) atoms. The number of amides is 2. The molecule has 0 radical (unpaired) electrons. The Morgan fingerprint density at radius 1 is 1.29 bits per heavy atom. The largest absolute Gasteiger partial charge is 0.485 e. The fourth-order valence-corrected chi connectivity index (χ4v) is 2.13. The molecule has 108 valence electrons. The van der Waals surface area contributed by atoms with Gasteiger partial charge in [0.25, 0.3) is 0 Å². The summed E-state index contributed by atoms with van der Waals surface area (Å²) in [6.07, 6.45) is 3.42. The number of rotatable bonds is 3. The highest BCUT2D eigenvalue weighted by Crippen LogP contribution is 2.18. The van der Waals surface area contributed by atoms with Crippen LogP contribution in [0.2, 0.25) is 0 Å². The van der Waals surface area contributed by atoms with Crippen molar-refractivity contribution >= 4 is 11.7 Å². The predicted molar refractivity (Wildman–Crippen MR) is 80.4 cm³/mol. The molecular formula is C16H17N3O2. The molecule has 0 spiro atoms. The minimum absolute atomic E-state index is 0.0398. The molecule has 1 aromatic heterocycles. The topological polar surface area (TPSA) is 54.5 Å². The van der Waals surface area contributed by atoms with Crippen LogP contribution in [0.25, 0.3) is 0 Å². The highest BCUT2D eigenvalue weighted by Gasteiger charge is 2.32. The Kier molecular flexibility index (Phi) is 3.73. The molecule has 0 aliphatic carbocycles. The van der Waals surface area contributed by atoms with E-state index in [9.17, 15) is 4.79 Å². The molecule has 1 saturated heterocycles. The van der Waals surface area contributed by atoms with Gasteiger partial charge in [-0.1, -0.05) is 17.7 Å². The van der Waals surface area contributed by atoms with E-state index < -0.39 is 0 Å². The molecule has 2 heterocycles. The average Bonchev–Trinajstić information content (AvgIpc) is 2.46. The Morgan fingerprint density at radius 3 is 2.71 bits per heavy atom. The first-order chi connectivity index (χ1) is 10.2. The first-order valence-corrected chi connectivity index (χ1v) is 6.90. The number of aromatic nitrogens is 1. The lowest BCUT2D eigenvalue weighted by Gasteiger charge is -2.38. The number of hydrogen-bond acceptors (Lipinski definition) is 3. The second-order valence-electron chi connectivity index (χ2n) is 5.13. The van der Waals surface area contributed by atoms with E-state index in [0.717, 1.165) is 11.4 Å². The molecule has 0 atom stereocenters. The monoisotopic (exact) mass is 283 g/mol. The second-order valence-corrected chi connectivity index (χ2v) is 5.13. The lowest BCUT2D eigenvalue weighted by Crippen LogP contribution is -2.57. The highest BCUT2D eigenvalue weighted by atomic mass is 16.5. The summed E-state index contributed by atoms with van der Waals surface area (Å²) in [6.45, 7) is 3.20. The molecular weight excluding hydrogens is 266 g/mol. The van der Waals surface area contributed by atoms with Crippen molar-refractivity contribution in [2.24, 2.45) is 0 Å². The van der Waals surface area contributed by atoms with Gasteiger partial charge in [0.05, 0.1) is 19.3 Å². The Hall–Kier alpha value is -2.56. The molecule has 0 saturated carbocycles. The Morgan fingerprint density at radius 2 is 2.05 bits per heavy atom. The molecule has 5 nitrogen and oxygen atoms in total.